The summed E-state index contributed by atoms with van der Waals surface area (Å²) in [6, 6.07) is 18.5. The summed E-state index contributed by atoms with van der Waals surface area (Å²) in [6.45, 7) is 5.76. The number of hydrogen-bond donors (Lipinski definition) is 1. The van der Waals surface area contributed by atoms with Gasteiger partial charge in [-0.25, -0.2) is 0 Å². The zero-order chi connectivity index (χ0) is 19.1. The molecule has 5 nitrogen and oxygen atoms in total. The molecule has 1 aliphatic heterocycles. The van der Waals surface area contributed by atoms with Crippen molar-refractivity contribution in [3.63, 3.8) is 0 Å². The molecule has 2 aromatic rings. The van der Waals surface area contributed by atoms with Crippen molar-refractivity contribution in [1.29, 1.82) is 0 Å². The quantitative estimate of drug-likeness (QED) is 0.632. The molecule has 0 amide bonds. The van der Waals surface area contributed by atoms with Crippen molar-refractivity contribution in [1.82, 2.24) is 9.80 Å². The van der Waals surface area contributed by atoms with E-state index in [-0.39, 0.29) is 5.97 Å². The largest absolute Gasteiger partial charge is 0.465 e. The second-order valence-electron chi connectivity index (χ2n) is 6.41. The number of benzene rings is 2. The van der Waals surface area contributed by atoms with Gasteiger partial charge in [-0.15, -0.1) is 0 Å². The molecule has 1 aliphatic rings. The Balaban J connectivity index is 1.59. The van der Waals surface area contributed by atoms with Crippen LogP contribution in [0.2, 0.25) is 0 Å². The van der Waals surface area contributed by atoms with Crippen LogP contribution in [0.4, 0.5) is 5.69 Å². The summed E-state index contributed by atoms with van der Waals surface area (Å²) >= 11 is 5.64. The minimum Gasteiger partial charge on any atom is -0.465 e. The number of rotatable bonds is 5. The van der Waals surface area contributed by atoms with Gasteiger partial charge in [-0.1, -0.05) is 48.5 Å². The van der Waals surface area contributed by atoms with E-state index in [0.29, 0.717) is 18.3 Å². The molecule has 1 heterocycles. The van der Waals surface area contributed by atoms with E-state index in [4.69, 9.17) is 17.0 Å². The third-order valence-electron chi connectivity index (χ3n) is 4.57. The van der Waals surface area contributed by atoms with Gasteiger partial charge in [-0.2, -0.15) is 0 Å². The zero-order valence-electron chi connectivity index (χ0n) is 15.6. The van der Waals surface area contributed by atoms with Crippen LogP contribution >= 0.6 is 12.2 Å². The highest BCUT2D eigenvalue weighted by Crippen LogP contribution is 2.27. The van der Waals surface area contributed by atoms with Gasteiger partial charge in [0.25, 0.3) is 0 Å². The molecule has 142 valence electrons. The van der Waals surface area contributed by atoms with Crippen molar-refractivity contribution in [2.24, 2.45) is 0 Å². The average molecular weight is 384 g/mol. The lowest BCUT2D eigenvalue weighted by atomic mass is 10.0. The molecular weight excluding hydrogens is 358 g/mol. The monoisotopic (exact) mass is 383 g/mol. The number of hydrogen-bond acceptors (Lipinski definition) is 4. The molecule has 0 unspecified atom stereocenters. The minimum atomic E-state index is -0.163. The molecule has 6 heteroatoms. The maximum Gasteiger partial charge on any atom is 0.320 e. The first-order valence-electron chi connectivity index (χ1n) is 9.25. The number of nitrogens with zero attached hydrogens (tertiary/aromatic N) is 2. The fraction of sp³-hybridized carbons (Fsp3) is 0.333. The molecule has 0 radical (unpaired) electrons. The molecule has 0 saturated carbocycles. The van der Waals surface area contributed by atoms with Crippen molar-refractivity contribution in [3.05, 3.63) is 54.6 Å². The van der Waals surface area contributed by atoms with Crippen molar-refractivity contribution < 1.29 is 9.53 Å². The Labute approximate surface area is 165 Å². The van der Waals surface area contributed by atoms with Crippen LogP contribution in [-0.4, -0.2) is 60.2 Å². The van der Waals surface area contributed by atoms with Crippen LogP contribution in [0.25, 0.3) is 11.1 Å². The molecule has 1 saturated heterocycles. The summed E-state index contributed by atoms with van der Waals surface area (Å²) in [5.74, 6) is -0.163. The smallest absolute Gasteiger partial charge is 0.320 e. The molecule has 1 N–H and O–H groups in total. The fourth-order valence-electron chi connectivity index (χ4n) is 3.15. The van der Waals surface area contributed by atoms with E-state index in [0.717, 1.165) is 43.0 Å². The third kappa shape index (κ3) is 5.28. The SMILES string of the molecule is CCOC(=O)CN1CCN(C(=S)Nc2ccccc2-c2ccccc2)CC1. The van der Waals surface area contributed by atoms with E-state index in [1.54, 1.807) is 0 Å². The first-order chi connectivity index (χ1) is 13.2. The number of para-hydroxylation sites is 1. The highest BCUT2D eigenvalue weighted by atomic mass is 32.1. The van der Waals surface area contributed by atoms with Crippen molar-refractivity contribution in [2.45, 2.75) is 6.92 Å². The van der Waals surface area contributed by atoms with Gasteiger partial charge in [0.05, 0.1) is 13.2 Å². The third-order valence-corrected chi connectivity index (χ3v) is 4.93. The van der Waals surface area contributed by atoms with Crippen LogP contribution in [0, 0.1) is 0 Å². The van der Waals surface area contributed by atoms with E-state index < -0.39 is 0 Å². The number of esters is 1. The van der Waals surface area contributed by atoms with Crippen LogP contribution < -0.4 is 5.32 Å². The predicted octanol–water partition coefficient (Wildman–Crippen LogP) is 3.23. The van der Waals surface area contributed by atoms with Crippen molar-refractivity contribution in [3.8, 4) is 11.1 Å². The topological polar surface area (TPSA) is 44.8 Å². The van der Waals surface area contributed by atoms with E-state index in [1.165, 1.54) is 0 Å². The Bertz CT molecular complexity index is 774. The second kappa shape index (κ2) is 9.48. The summed E-state index contributed by atoms with van der Waals surface area (Å²) < 4.78 is 5.02. The van der Waals surface area contributed by atoms with Crippen molar-refractivity contribution in [2.75, 3.05) is 44.6 Å². The van der Waals surface area contributed by atoms with Gasteiger partial charge in [0.15, 0.2) is 5.11 Å². The number of thiocarbonyl (C=S) groups is 1. The fourth-order valence-corrected chi connectivity index (χ4v) is 3.45. The summed E-state index contributed by atoms with van der Waals surface area (Å²) in [5, 5.41) is 4.12. The van der Waals surface area contributed by atoms with Gasteiger partial charge in [-0.05, 0) is 30.8 Å². The van der Waals surface area contributed by atoms with Crippen LogP contribution in [0.1, 0.15) is 6.92 Å². The molecule has 0 atom stereocenters. The van der Waals surface area contributed by atoms with E-state index >= 15 is 0 Å². The highest BCUT2D eigenvalue weighted by molar-refractivity contribution is 7.80. The first kappa shape index (κ1) is 19.3. The van der Waals surface area contributed by atoms with Crippen LogP contribution in [0.5, 0.6) is 0 Å². The van der Waals surface area contributed by atoms with Crippen LogP contribution in [-0.2, 0) is 9.53 Å². The maximum atomic E-state index is 11.6. The Morgan fingerprint density at radius 1 is 1.04 bits per heavy atom. The zero-order valence-corrected chi connectivity index (χ0v) is 16.4. The molecule has 3 rings (SSSR count). The molecule has 0 spiro atoms. The number of anilines is 1. The molecule has 0 aliphatic carbocycles. The Morgan fingerprint density at radius 2 is 1.70 bits per heavy atom. The van der Waals surface area contributed by atoms with E-state index in [9.17, 15) is 4.79 Å². The number of piperazine rings is 1. The summed E-state index contributed by atoms with van der Waals surface area (Å²) in [7, 11) is 0. The van der Waals surface area contributed by atoms with Gasteiger partial charge in [0.2, 0.25) is 0 Å². The molecule has 27 heavy (non-hydrogen) atoms. The first-order valence-corrected chi connectivity index (χ1v) is 9.66. The number of ether oxygens (including phenoxy) is 1. The van der Waals surface area contributed by atoms with Gasteiger partial charge < -0.3 is 15.0 Å². The maximum absolute atomic E-state index is 11.6. The normalized spacial score (nSPS) is 14.6. The highest BCUT2D eigenvalue weighted by Gasteiger charge is 2.21. The van der Waals surface area contributed by atoms with Crippen molar-refractivity contribution >= 4 is 29.0 Å². The summed E-state index contributed by atoms with van der Waals surface area (Å²) in [5.41, 5.74) is 3.28. The lowest BCUT2D eigenvalue weighted by molar-refractivity contribution is -0.144. The van der Waals surface area contributed by atoms with Crippen LogP contribution in [0.3, 0.4) is 0 Å². The number of nitrogens with one attached hydrogen (secondary N) is 1. The Hall–Kier alpha value is -2.44. The molecule has 1 fully saturated rings. The molecule has 0 aromatic heterocycles. The predicted molar refractivity (Wildman–Crippen MR) is 113 cm³/mol. The second-order valence-corrected chi connectivity index (χ2v) is 6.80. The average Bonchev–Trinajstić information content (AvgIpc) is 2.70. The summed E-state index contributed by atoms with van der Waals surface area (Å²) in [6.07, 6.45) is 0. The van der Waals surface area contributed by atoms with E-state index in [2.05, 4.69) is 33.3 Å². The summed E-state index contributed by atoms with van der Waals surface area (Å²) in [4.78, 5) is 15.9. The van der Waals surface area contributed by atoms with Crippen LogP contribution in [0.15, 0.2) is 54.6 Å². The molecule has 2 aromatic carbocycles. The number of carbonyl (C=O) groups excluding carboxylic acids is 1. The lowest BCUT2D eigenvalue weighted by Gasteiger charge is -2.35. The number of carbonyl (C=O) groups is 1. The molecular formula is C21H25N3O2S. The van der Waals surface area contributed by atoms with E-state index in [1.807, 2.05) is 43.3 Å². The van der Waals surface area contributed by atoms with Gasteiger partial charge in [-0.3, -0.25) is 9.69 Å². The Morgan fingerprint density at radius 3 is 2.41 bits per heavy atom. The van der Waals surface area contributed by atoms with Gasteiger partial charge in [0, 0.05) is 37.4 Å². The minimum absolute atomic E-state index is 0.163. The molecule has 0 bridgehead atoms. The van der Waals surface area contributed by atoms with Gasteiger partial charge >= 0.3 is 5.97 Å². The lowest BCUT2D eigenvalue weighted by Crippen LogP contribution is -2.51. The standard InChI is InChI=1S/C21H25N3O2S/c1-2-26-20(25)16-23-12-14-24(15-13-23)21(27)22-19-11-7-6-10-18(19)17-8-4-3-5-9-17/h3-11H,2,12-16H2,1H3,(H,22,27). The van der Waals surface area contributed by atoms with Gasteiger partial charge in [0.1, 0.15) is 0 Å². The Kier molecular flexibility index (Phi) is 6.79.